The first kappa shape index (κ1) is 15.1. The molecule has 0 aliphatic heterocycles. The molecule has 1 N–H and O–H groups in total. The first-order chi connectivity index (χ1) is 10.1. The summed E-state index contributed by atoms with van der Waals surface area (Å²) in [5.74, 6) is -0.0372. The molecule has 106 valence electrons. The van der Waals surface area contributed by atoms with Gasteiger partial charge in [-0.1, -0.05) is 11.6 Å². The maximum Gasteiger partial charge on any atom is 0.266 e. The normalized spacial score (nSPS) is 10.8. The minimum Gasteiger partial charge on any atom is -0.495 e. The second kappa shape index (κ2) is 6.93. The van der Waals surface area contributed by atoms with E-state index in [1.807, 2.05) is 22.9 Å². The lowest BCUT2D eigenvalue weighted by Gasteiger charge is -2.10. The van der Waals surface area contributed by atoms with Gasteiger partial charge in [-0.05, 0) is 46.7 Å². The van der Waals surface area contributed by atoms with Crippen molar-refractivity contribution in [2.24, 2.45) is 0 Å². The van der Waals surface area contributed by atoms with Crippen LogP contribution in [0.25, 0.3) is 6.08 Å². The smallest absolute Gasteiger partial charge is 0.266 e. The van der Waals surface area contributed by atoms with Gasteiger partial charge in [0.2, 0.25) is 0 Å². The summed E-state index contributed by atoms with van der Waals surface area (Å²) < 4.78 is 5.15. The molecule has 6 heteroatoms. The van der Waals surface area contributed by atoms with E-state index in [9.17, 15) is 4.79 Å². The number of ether oxygens (including phenoxy) is 1. The number of benzene rings is 1. The van der Waals surface area contributed by atoms with E-state index in [1.54, 1.807) is 18.2 Å². The lowest BCUT2D eigenvalue weighted by molar-refractivity contribution is -0.112. The number of hydrogen-bond acceptors (Lipinski definition) is 4. The zero-order valence-corrected chi connectivity index (χ0v) is 12.7. The van der Waals surface area contributed by atoms with Crippen LogP contribution in [0.1, 0.15) is 5.56 Å². The van der Waals surface area contributed by atoms with Gasteiger partial charge in [-0.3, -0.25) is 4.79 Å². The average molecular weight is 319 g/mol. The zero-order chi connectivity index (χ0) is 15.2. The summed E-state index contributed by atoms with van der Waals surface area (Å²) in [4.78, 5) is 12.2. The van der Waals surface area contributed by atoms with E-state index in [1.165, 1.54) is 24.5 Å². The van der Waals surface area contributed by atoms with Gasteiger partial charge in [0, 0.05) is 5.02 Å². The van der Waals surface area contributed by atoms with Crippen LogP contribution in [0.4, 0.5) is 5.69 Å². The van der Waals surface area contributed by atoms with E-state index in [0.717, 1.165) is 5.56 Å². The van der Waals surface area contributed by atoms with Crippen molar-refractivity contribution in [3.63, 3.8) is 0 Å². The van der Waals surface area contributed by atoms with Crippen LogP contribution in [0.15, 0.2) is 40.6 Å². The summed E-state index contributed by atoms with van der Waals surface area (Å²) in [5, 5.41) is 15.9. The van der Waals surface area contributed by atoms with Gasteiger partial charge in [0.25, 0.3) is 5.91 Å². The van der Waals surface area contributed by atoms with E-state index >= 15 is 0 Å². The SMILES string of the molecule is COc1ccc(Cl)cc1NC(=O)/C(C#N)=C/c1ccsc1. The third kappa shape index (κ3) is 3.85. The van der Waals surface area contributed by atoms with Crippen LogP contribution >= 0.6 is 22.9 Å². The zero-order valence-electron chi connectivity index (χ0n) is 11.1. The Balaban J connectivity index is 2.25. The average Bonchev–Trinajstić information content (AvgIpc) is 2.98. The van der Waals surface area contributed by atoms with Crippen LogP contribution in [0.2, 0.25) is 5.02 Å². The molecular formula is C15H11ClN2O2S. The highest BCUT2D eigenvalue weighted by molar-refractivity contribution is 7.08. The molecule has 0 aliphatic carbocycles. The Bertz CT molecular complexity index is 718. The number of anilines is 1. The predicted molar refractivity (Wildman–Crippen MR) is 84.5 cm³/mol. The second-order valence-corrected chi connectivity index (χ2v) is 5.24. The topological polar surface area (TPSA) is 62.1 Å². The number of nitrogens with one attached hydrogen (secondary N) is 1. The number of nitrogens with zero attached hydrogens (tertiary/aromatic N) is 1. The predicted octanol–water partition coefficient (Wildman–Crippen LogP) is 3.96. The summed E-state index contributed by atoms with van der Waals surface area (Å²) in [5.41, 5.74) is 1.24. The number of thiophene rings is 1. The summed E-state index contributed by atoms with van der Waals surface area (Å²) in [6, 6.07) is 8.59. The summed E-state index contributed by atoms with van der Waals surface area (Å²) >= 11 is 7.39. The minimum absolute atomic E-state index is 0.00966. The molecule has 0 atom stereocenters. The Kier molecular flexibility index (Phi) is 4.99. The minimum atomic E-state index is -0.510. The van der Waals surface area contributed by atoms with Crippen LogP contribution in [-0.2, 0) is 4.79 Å². The molecule has 0 radical (unpaired) electrons. The number of nitriles is 1. The highest BCUT2D eigenvalue weighted by Gasteiger charge is 2.13. The molecule has 1 heterocycles. The number of rotatable bonds is 4. The Morgan fingerprint density at radius 1 is 1.48 bits per heavy atom. The van der Waals surface area contributed by atoms with E-state index in [4.69, 9.17) is 21.6 Å². The summed E-state index contributed by atoms with van der Waals surface area (Å²) in [6.07, 6.45) is 1.53. The Morgan fingerprint density at radius 2 is 2.29 bits per heavy atom. The first-order valence-electron chi connectivity index (χ1n) is 5.93. The molecule has 4 nitrogen and oxygen atoms in total. The molecule has 0 unspecified atom stereocenters. The van der Waals surface area contributed by atoms with Crippen molar-refractivity contribution >= 4 is 40.6 Å². The van der Waals surface area contributed by atoms with Gasteiger partial charge in [0.1, 0.15) is 17.4 Å². The van der Waals surface area contributed by atoms with Gasteiger partial charge < -0.3 is 10.1 Å². The standard InChI is InChI=1S/C15H11ClN2O2S/c1-20-14-3-2-12(16)7-13(14)18-15(19)11(8-17)6-10-4-5-21-9-10/h2-7,9H,1H3,(H,18,19)/b11-6+. The Morgan fingerprint density at radius 3 is 2.90 bits per heavy atom. The number of carbonyl (C=O) groups excluding carboxylic acids is 1. The van der Waals surface area contributed by atoms with Crippen molar-refractivity contribution in [3.8, 4) is 11.8 Å². The second-order valence-electron chi connectivity index (χ2n) is 4.03. The van der Waals surface area contributed by atoms with Crippen LogP contribution in [0.3, 0.4) is 0 Å². The van der Waals surface area contributed by atoms with Crippen LogP contribution in [0, 0.1) is 11.3 Å². The van der Waals surface area contributed by atoms with E-state index in [-0.39, 0.29) is 5.57 Å². The lowest BCUT2D eigenvalue weighted by Crippen LogP contribution is -2.14. The molecule has 0 spiro atoms. The number of hydrogen-bond donors (Lipinski definition) is 1. The van der Waals surface area contributed by atoms with Crippen molar-refractivity contribution < 1.29 is 9.53 Å². The fraction of sp³-hybridized carbons (Fsp3) is 0.0667. The maximum absolute atomic E-state index is 12.2. The molecule has 0 fully saturated rings. The largest absolute Gasteiger partial charge is 0.495 e. The fourth-order valence-electron chi connectivity index (χ4n) is 1.64. The van der Waals surface area contributed by atoms with Gasteiger partial charge in [0.05, 0.1) is 12.8 Å². The van der Waals surface area contributed by atoms with Crippen molar-refractivity contribution in [1.82, 2.24) is 0 Å². The number of amides is 1. The van der Waals surface area contributed by atoms with Gasteiger partial charge in [-0.2, -0.15) is 16.6 Å². The fourth-order valence-corrected chi connectivity index (χ4v) is 2.43. The molecule has 1 amide bonds. The maximum atomic E-state index is 12.2. The van der Waals surface area contributed by atoms with E-state index < -0.39 is 5.91 Å². The molecular weight excluding hydrogens is 308 g/mol. The highest BCUT2D eigenvalue weighted by atomic mass is 35.5. The molecule has 1 aromatic carbocycles. The van der Waals surface area contributed by atoms with Gasteiger partial charge in [-0.25, -0.2) is 0 Å². The summed E-state index contributed by atoms with van der Waals surface area (Å²) in [7, 11) is 1.49. The Labute approximate surface area is 131 Å². The van der Waals surface area contributed by atoms with Crippen molar-refractivity contribution in [1.29, 1.82) is 5.26 Å². The molecule has 1 aromatic heterocycles. The van der Waals surface area contributed by atoms with E-state index in [2.05, 4.69) is 5.32 Å². The number of halogens is 1. The van der Waals surface area contributed by atoms with Crippen LogP contribution in [0.5, 0.6) is 5.75 Å². The third-order valence-corrected chi connectivity index (χ3v) is 3.57. The van der Waals surface area contributed by atoms with Crippen molar-refractivity contribution in [2.45, 2.75) is 0 Å². The summed E-state index contributed by atoms with van der Waals surface area (Å²) in [6.45, 7) is 0. The molecule has 2 aromatic rings. The van der Waals surface area contributed by atoms with Crippen molar-refractivity contribution in [3.05, 3.63) is 51.2 Å². The van der Waals surface area contributed by atoms with Gasteiger partial charge in [-0.15, -0.1) is 0 Å². The van der Waals surface area contributed by atoms with Crippen LogP contribution in [-0.4, -0.2) is 13.0 Å². The van der Waals surface area contributed by atoms with E-state index in [0.29, 0.717) is 16.5 Å². The molecule has 0 bridgehead atoms. The molecule has 0 saturated heterocycles. The number of methoxy groups -OCH3 is 1. The monoisotopic (exact) mass is 318 g/mol. The van der Waals surface area contributed by atoms with Gasteiger partial charge in [0.15, 0.2) is 0 Å². The number of carbonyl (C=O) groups is 1. The lowest BCUT2D eigenvalue weighted by atomic mass is 10.2. The molecule has 0 aliphatic rings. The highest BCUT2D eigenvalue weighted by Crippen LogP contribution is 2.28. The third-order valence-electron chi connectivity index (χ3n) is 2.63. The van der Waals surface area contributed by atoms with Gasteiger partial charge >= 0.3 is 0 Å². The molecule has 2 rings (SSSR count). The van der Waals surface area contributed by atoms with Crippen LogP contribution < -0.4 is 10.1 Å². The van der Waals surface area contributed by atoms with Crippen molar-refractivity contribution in [2.75, 3.05) is 12.4 Å². The Hall–Kier alpha value is -2.29. The quantitative estimate of drug-likeness (QED) is 0.685. The first-order valence-corrected chi connectivity index (χ1v) is 7.25. The molecule has 0 saturated carbocycles. The molecule has 21 heavy (non-hydrogen) atoms.